The Morgan fingerprint density at radius 3 is 2.69 bits per heavy atom. The highest BCUT2D eigenvalue weighted by Gasteiger charge is 2.37. The third-order valence-electron chi connectivity index (χ3n) is 5.29. The molecular weight excluding hydrogens is 333 g/mol. The minimum absolute atomic E-state index is 0.000245. The zero-order chi connectivity index (χ0) is 18.7. The first-order valence-corrected chi connectivity index (χ1v) is 9.14. The molecule has 0 aliphatic carbocycles. The van der Waals surface area contributed by atoms with Gasteiger partial charge in [-0.2, -0.15) is 5.10 Å². The van der Waals surface area contributed by atoms with Gasteiger partial charge in [-0.25, -0.2) is 4.39 Å². The summed E-state index contributed by atoms with van der Waals surface area (Å²) in [5.41, 5.74) is 2.06. The van der Waals surface area contributed by atoms with Crippen molar-refractivity contribution in [2.75, 3.05) is 19.7 Å². The molecule has 26 heavy (non-hydrogen) atoms. The molecule has 1 aromatic carbocycles. The van der Waals surface area contributed by atoms with Crippen molar-refractivity contribution in [1.82, 2.24) is 14.7 Å². The van der Waals surface area contributed by atoms with E-state index < -0.39 is 5.41 Å². The fraction of sp³-hybridized carbons (Fsp3) is 0.500. The highest BCUT2D eigenvalue weighted by Crippen LogP contribution is 2.34. The maximum Gasteiger partial charge on any atom is 0.272 e. The molecule has 0 unspecified atom stereocenters. The van der Waals surface area contributed by atoms with Crippen molar-refractivity contribution in [2.45, 2.75) is 32.6 Å². The number of aromatic nitrogens is 2. The number of likely N-dealkylation sites (tertiary alicyclic amines) is 1. The van der Waals surface area contributed by atoms with Gasteiger partial charge in [0.25, 0.3) is 5.91 Å². The van der Waals surface area contributed by atoms with Gasteiger partial charge in [0.2, 0.25) is 0 Å². The number of halogens is 1. The van der Waals surface area contributed by atoms with Crippen molar-refractivity contribution in [3.05, 3.63) is 53.1 Å². The Hall–Kier alpha value is -2.21. The van der Waals surface area contributed by atoms with Crippen LogP contribution in [-0.4, -0.2) is 45.4 Å². The lowest BCUT2D eigenvalue weighted by Gasteiger charge is -2.42. The van der Waals surface area contributed by atoms with Crippen LogP contribution < -0.4 is 0 Å². The average Bonchev–Trinajstić information content (AvgIpc) is 3.04. The van der Waals surface area contributed by atoms with E-state index in [0.717, 1.165) is 30.5 Å². The molecule has 1 saturated heterocycles. The quantitative estimate of drug-likeness (QED) is 0.893. The van der Waals surface area contributed by atoms with Crippen molar-refractivity contribution in [2.24, 2.45) is 12.5 Å². The van der Waals surface area contributed by atoms with Gasteiger partial charge in [0, 0.05) is 25.6 Å². The number of aliphatic hydroxyl groups excluding tert-OH is 1. The number of carbonyl (C=O) groups is 1. The number of amides is 1. The van der Waals surface area contributed by atoms with Crippen LogP contribution in [0.25, 0.3) is 0 Å². The Balaban J connectivity index is 1.78. The standard InChI is InChI=1S/C20H26FN3O2/c1-3-17-11-18(23(2)22-17)19(26)24-10-4-9-20(13-24,14-25)12-15-5-7-16(21)8-6-15/h5-8,11,25H,3-4,9-10,12-14H2,1-2H3/t20-/m0/s1. The molecule has 0 spiro atoms. The van der Waals surface area contributed by atoms with Gasteiger partial charge in [0.15, 0.2) is 0 Å². The lowest BCUT2D eigenvalue weighted by atomic mass is 9.75. The summed E-state index contributed by atoms with van der Waals surface area (Å²) >= 11 is 0. The smallest absolute Gasteiger partial charge is 0.272 e. The number of piperidine rings is 1. The first kappa shape index (κ1) is 18.6. The van der Waals surface area contributed by atoms with E-state index in [2.05, 4.69) is 5.10 Å². The molecule has 1 aliphatic rings. The maximum atomic E-state index is 13.2. The molecule has 0 bridgehead atoms. The second-order valence-corrected chi connectivity index (χ2v) is 7.29. The van der Waals surface area contributed by atoms with E-state index in [1.165, 1.54) is 12.1 Å². The molecule has 6 heteroatoms. The minimum Gasteiger partial charge on any atom is -0.396 e. The molecule has 2 aromatic rings. The fourth-order valence-electron chi connectivity index (χ4n) is 3.81. The largest absolute Gasteiger partial charge is 0.396 e. The third kappa shape index (κ3) is 3.80. The molecule has 1 aliphatic heterocycles. The zero-order valence-corrected chi connectivity index (χ0v) is 15.4. The van der Waals surface area contributed by atoms with Gasteiger partial charge in [0.05, 0.1) is 12.3 Å². The van der Waals surface area contributed by atoms with E-state index >= 15 is 0 Å². The first-order valence-electron chi connectivity index (χ1n) is 9.14. The van der Waals surface area contributed by atoms with E-state index in [1.54, 1.807) is 23.9 Å². The summed E-state index contributed by atoms with van der Waals surface area (Å²) in [5.74, 6) is -0.313. The van der Waals surface area contributed by atoms with Gasteiger partial charge in [-0.1, -0.05) is 19.1 Å². The SMILES string of the molecule is CCc1cc(C(=O)N2CCC[C@](CO)(Cc3ccc(F)cc3)C2)n(C)n1. The first-order chi connectivity index (χ1) is 12.5. The summed E-state index contributed by atoms with van der Waals surface area (Å²) in [6, 6.07) is 8.23. The van der Waals surface area contributed by atoms with Crippen molar-refractivity contribution in [3.63, 3.8) is 0 Å². The molecule has 1 amide bonds. The lowest BCUT2D eigenvalue weighted by molar-refractivity contribution is 0.0265. The van der Waals surface area contributed by atoms with Crippen molar-refractivity contribution < 1.29 is 14.3 Å². The number of rotatable bonds is 5. The molecule has 0 saturated carbocycles. The molecule has 140 valence electrons. The van der Waals surface area contributed by atoms with Gasteiger partial charge < -0.3 is 10.0 Å². The Kier molecular flexibility index (Phi) is 5.41. The van der Waals surface area contributed by atoms with Crippen LogP contribution in [0.15, 0.2) is 30.3 Å². The van der Waals surface area contributed by atoms with Crippen LogP contribution in [0.4, 0.5) is 4.39 Å². The minimum atomic E-state index is -0.391. The van der Waals surface area contributed by atoms with E-state index in [0.29, 0.717) is 25.2 Å². The summed E-state index contributed by atoms with van der Waals surface area (Å²) in [4.78, 5) is 14.8. The topological polar surface area (TPSA) is 58.4 Å². The lowest BCUT2D eigenvalue weighted by Crippen LogP contribution is -2.49. The molecule has 1 N–H and O–H groups in total. The monoisotopic (exact) mass is 359 g/mol. The number of benzene rings is 1. The maximum absolute atomic E-state index is 13.2. The number of aliphatic hydroxyl groups is 1. The van der Waals surface area contributed by atoms with Crippen LogP contribution in [-0.2, 0) is 19.9 Å². The normalized spacial score (nSPS) is 20.4. The molecule has 0 radical (unpaired) electrons. The summed E-state index contributed by atoms with van der Waals surface area (Å²) in [5, 5.41) is 14.5. The average molecular weight is 359 g/mol. The number of hydrogen-bond donors (Lipinski definition) is 1. The van der Waals surface area contributed by atoms with Crippen LogP contribution >= 0.6 is 0 Å². The van der Waals surface area contributed by atoms with Gasteiger partial charge in [-0.3, -0.25) is 9.48 Å². The predicted molar refractivity (Wildman–Crippen MR) is 97.3 cm³/mol. The number of aryl methyl sites for hydroxylation is 2. The van der Waals surface area contributed by atoms with Crippen molar-refractivity contribution in [3.8, 4) is 0 Å². The van der Waals surface area contributed by atoms with E-state index in [-0.39, 0.29) is 18.3 Å². The fourth-order valence-corrected chi connectivity index (χ4v) is 3.81. The van der Waals surface area contributed by atoms with Gasteiger partial charge in [-0.15, -0.1) is 0 Å². The van der Waals surface area contributed by atoms with Crippen LogP contribution in [0.2, 0.25) is 0 Å². The summed E-state index contributed by atoms with van der Waals surface area (Å²) < 4.78 is 14.8. The van der Waals surface area contributed by atoms with E-state index in [4.69, 9.17) is 0 Å². The van der Waals surface area contributed by atoms with Crippen LogP contribution in [0.3, 0.4) is 0 Å². The zero-order valence-electron chi connectivity index (χ0n) is 15.4. The molecule has 1 fully saturated rings. The number of nitrogens with zero attached hydrogens (tertiary/aromatic N) is 3. The second-order valence-electron chi connectivity index (χ2n) is 7.29. The molecule has 3 rings (SSSR count). The number of carbonyl (C=O) groups excluding carboxylic acids is 1. The van der Waals surface area contributed by atoms with Gasteiger partial charge in [-0.05, 0) is 49.4 Å². The molecule has 5 nitrogen and oxygen atoms in total. The van der Waals surface area contributed by atoms with Crippen LogP contribution in [0.1, 0.15) is 41.5 Å². The Morgan fingerprint density at radius 1 is 1.35 bits per heavy atom. The van der Waals surface area contributed by atoms with Crippen molar-refractivity contribution >= 4 is 5.91 Å². The molecule has 1 aromatic heterocycles. The Labute approximate surface area is 153 Å². The van der Waals surface area contributed by atoms with Crippen molar-refractivity contribution in [1.29, 1.82) is 0 Å². The van der Waals surface area contributed by atoms with E-state index in [1.807, 2.05) is 17.9 Å². The predicted octanol–water partition coefficient (Wildman–Crippen LogP) is 2.58. The highest BCUT2D eigenvalue weighted by atomic mass is 19.1. The second kappa shape index (κ2) is 7.58. The van der Waals surface area contributed by atoms with Crippen LogP contribution in [0.5, 0.6) is 0 Å². The Bertz CT molecular complexity index is 772. The molecule has 1 atom stereocenters. The summed E-state index contributed by atoms with van der Waals surface area (Å²) in [6.07, 6.45) is 3.09. The van der Waals surface area contributed by atoms with E-state index in [9.17, 15) is 14.3 Å². The molecule has 2 heterocycles. The van der Waals surface area contributed by atoms with Gasteiger partial charge in [0.1, 0.15) is 11.5 Å². The molecular formula is C20H26FN3O2. The third-order valence-corrected chi connectivity index (χ3v) is 5.29. The number of hydrogen-bond acceptors (Lipinski definition) is 3. The van der Waals surface area contributed by atoms with Crippen LogP contribution in [0, 0.1) is 11.2 Å². The Morgan fingerprint density at radius 2 is 2.08 bits per heavy atom. The summed E-state index contributed by atoms with van der Waals surface area (Å²) in [6.45, 7) is 3.18. The summed E-state index contributed by atoms with van der Waals surface area (Å²) in [7, 11) is 1.79. The highest BCUT2D eigenvalue weighted by molar-refractivity contribution is 5.92. The van der Waals surface area contributed by atoms with Gasteiger partial charge >= 0.3 is 0 Å².